The highest BCUT2D eigenvalue weighted by Crippen LogP contribution is 2.32. The first kappa shape index (κ1) is 20.5. The molecule has 24 heavy (non-hydrogen) atoms. The molecule has 1 aromatic carbocycles. The van der Waals surface area contributed by atoms with Gasteiger partial charge in [0.25, 0.3) is 0 Å². The molecule has 0 radical (unpaired) electrons. The van der Waals surface area contributed by atoms with E-state index < -0.39 is 0 Å². The number of amides is 1. The normalized spacial score (nSPS) is 15.2. The van der Waals surface area contributed by atoms with Crippen LogP contribution < -0.4 is 16.4 Å². The van der Waals surface area contributed by atoms with Crippen molar-refractivity contribution < 1.29 is 9.53 Å². The van der Waals surface area contributed by atoms with Crippen molar-refractivity contribution >= 4 is 41.7 Å². The van der Waals surface area contributed by atoms with Gasteiger partial charge in [0, 0.05) is 5.69 Å². The number of nitrogens with two attached hydrogens (primary N) is 1. The largest absolute Gasteiger partial charge is 0.450 e. The van der Waals surface area contributed by atoms with Gasteiger partial charge < -0.3 is 21.1 Å². The van der Waals surface area contributed by atoms with Crippen LogP contribution >= 0.6 is 24.0 Å². The fraction of sp³-hybridized carbons (Fsp3) is 0.529. The van der Waals surface area contributed by atoms with Crippen molar-refractivity contribution in [3.8, 4) is 0 Å². The minimum atomic E-state index is -0.387. The molecule has 1 unspecified atom stereocenters. The number of aliphatic imine (C=N–C) groups is 1. The summed E-state index contributed by atoms with van der Waals surface area (Å²) < 4.78 is 4.93. The van der Waals surface area contributed by atoms with Gasteiger partial charge in [-0.2, -0.15) is 0 Å². The molecule has 0 spiro atoms. The van der Waals surface area contributed by atoms with Gasteiger partial charge in [-0.15, -0.1) is 24.0 Å². The van der Waals surface area contributed by atoms with Crippen LogP contribution in [0.5, 0.6) is 0 Å². The zero-order valence-electron chi connectivity index (χ0n) is 14.2. The van der Waals surface area contributed by atoms with Crippen molar-refractivity contribution in [3.05, 3.63) is 29.8 Å². The molecule has 1 aromatic rings. The molecule has 1 aliphatic rings. The zero-order chi connectivity index (χ0) is 16.7. The Kier molecular flexibility index (Phi) is 8.88. The number of halogens is 1. The second-order valence-electron chi connectivity index (χ2n) is 5.71. The van der Waals surface area contributed by atoms with Crippen LogP contribution in [0.3, 0.4) is 0 Å². The Morgan fingerprint density at radius 2 is 2.17 bits per heavy atom. The van der Waals surface area contributed by atoms with E-state index in [1.54, 1.807) is 6.92 Å². The summed E-state index contributed by atoms with van der Waals surface area (Å²) in [6.45, 7) is 4.72. The first-order chi connectivity index (χ1) is 11.1. The van der Waals surface area contributed by atoms with Crippen molar-refractivity contribution in [1.29, 1.82) is 0 Å². The number of nitrogens with one attached hydrogen (secondary N) is 2. The van der Waals surface area contributed by atoms with Crippen LogP contribution in [0.15, 0.2) is 29.3 Å². The summed E-state index contributed by atoms with van der Waals surface area (Å²) in [6, 6.07) is 8.06. The molecule has 1 amide bonds. The van der Waals surface area contributed by atoms with Crippen LogP contribution in [-0.4, -0.2) is 31.2 Å². The van der Waals surface area contributed by atoms with Crippen molar-refractivity contribution in [1.82, 2.24) is 5.32 Å². The molecule has 1 atom stereocenters. The molecular weight excluding hydrogens is 419 g/mol. The molecule has 4 N–H and O–H groups in total. The number of anilines is 1. The van der Waals surface area contributed by atoms with E-state index in [2.05, 4.69) is 34.7 Å². The Morgan fingerprint density at radius 1 is 1.42 bits per heavy atom. The summed E-state index contributed by atoms with van der Waals surface area (Å²) in [7, 11) is 0. The van der Waals surface area contributed by atoms with E-state index in [-0.39, 0.29) is 36.1 Å². The number of hydrogen-bond donors (Lipinski definition) is 3. The second kappa shape index (κ2) is 10.4. The third kappa shape index (κ3) is 6.94. The molecule has 1 saturated carbocycles. The highest BCUT2D eigenvalue weighted by molar-refractivity contribution is 14.0. The van der Waals surface area contributed by atoms with Gasteiger partial charge in [-0.3, -0.25) is 4.99 Å². The van der Waals surface area contributed by atoms with Gasteiger partial charge in [0.2, 0.25) is 0 Å². The van der Waals surface area contributed by atoms with Crippen molar-refractivity contribution in [2.75, 3.05) is 18.5 Å². The summed E-state index contributed by atoms with van der Waals surface area (Å²) in [6.07, 6.45) is 2.80. The highest BCUT2D eigenvalue weighted by Gasteiger charge is 2.32. The lowest BCUT2D eigenvalue weighted by Gasteiger charge is -2.16. The lowest BCUT2D eigenvalue weighted by Crippen LogP contribution is -2.39. The number of nitrogens with zero attached hydrogens (tertiary/aromatic N) is 1. The van der Waals surface area contributed by atoms with Crippen LogP contribution in [0, 0.1) is 5.92 Å². The van der Waals surface area contributed by atoms with Crippen molar-refractivity contribution in [3.63, 3.8) is 0 Å². The molecule has 7 heteroatoms. The number of alkyl carbamates (subject to hydrolysis) is 1. The topological polar surface area (TPSA) is 88.7 Å². The minimum Gasteiger partial charge on any atom is -0.450 e. The Hall–Kier alpha value is -1.51. The highest BCUT2D eigenvalue weighted by atomic mass is 127. The Bertz CT molecular complexity index is 561. The lowest BCUT2D eigenvalue weighted by atomic mass is 10.1. The van der Waals surface area contributed by atoms with Crippen LogP contribution in [0.25, 0.3) is 0 Å². The first-order valence-corrected chi connectivity index (χ1v) is 8.21. The molecular formula is C17H27IN4O2. The smallest absolute Gasteiger partial charge is 0.407 e. The quantitative estimate of drug-likeness (QED) is 0.341. The van der Waals surface area contributed by atoms with Crippen LogP contribution in [-0.2, 0) is 11.2 Å². The molecule has 0 aromatic heterocycles. The predicted octanol–water partition coefficient (Wildman–Crippen LogP) is 3.12. The van der Waals surface area contributed by atoms with E-state index in [1.807, 2.05) is 12.1 Å². The van der Waals surface area contributed by atoms with Gasteiger partial charge in [0.1, 0.15) is 0 Å². The van der Waals surface area contributed by atoms with E-state index in [1.165, 1.54) is 5.56 Å². The lowest BCUT2D eigenvalue weighted by molar-refractivity contribution is 0.147. The van der Waals surface area contributed by atoms with Crippen molar-refractivity contribution in [2.45, 2.75) is 39.2 Å². The Balaban J connectivity index is 0.00000288. The van der Waals surface area contributed by atoms with E-state index in [4.69, 9.17) is 10.5 Å². The molecule has 0 bridgehead atoms. The number of hydrogen-bond acceptors (Lipinski definition) is 3. The molecule has 134 valence electrons. The van der Waals surface area contributed by atoms with Gasteiger partial charge in [-0.25, -0.2) is 4.79 Å². The standard InChI is InChI=1S/C17H26N4O2.HI/c1-3-12-6-5-7-14(10-12)20-16(18)19-11-15(13-8-9-13)21-17(22)23-4-2;/h5-7,10,13,15H,3-4,8-9,11H2,1-2H3,(H,21,22)(H3,18,19,20);1H. The number of benzene rings is 1. The monoisotopic (exact) mass is 446 g/mol. The van der Waals surface area contributed by atoms with Gasteiger partial charge in [-0.1, -0.05) is 19.1 Å². The molecule has 0 heterocycles. The Morgan fingerprint density at radius 3 is 2.79 bits per heavy atom. The maximum Gasteiger partial charge on any atom is 0.407 e. The summed E-state index contributed by atoms with van der Waals surface area (Å²) in [5, 5.41) is 5.96. The van der Waals surface area contributed by atoms with E-state index in [9.17, 15) is 4.79 Å². The minimum absolute atomic E-state index is 0. The number of rotatable bonds is 7. The zero-order valence-corrected chi connectivity index (χ0v) is 16.6. The summed E-state index contributed by atoms with van der Waals surface area (Å²) >= 11 is 0. The number of aryl methyl sites for hydroxylation is 1. The predicted molar refractivity (Wildman–Crippen MR) is 108 cm³/mol. The van der Waals surface area contributed by atoms with Crippen LogP contribution in [0.1, 0.15) is 32.3 Å². The number of ether oxygens (including phenoxy) is 1. The van der Waals surface area contributed by atoms with Crippen molar-refractivity contribution in [2.24, 2.45) is 16.6 Å². The van der Waals surface area contributed by atoms with E-state index >= 15 is 0 Å². The SMILES string of the molecule is CCOC(=O)NC(CN=C(N)Nc1cccc(CC)c1)C1CC1.I. The molecule has 6 nitrogen and oxygen atoms in total. The molecule has 1 aliphatic carbocycles. The van der Waals surface area contributed by atoms with Gasteiger partial charge >= 0.3 is 6.09 Å². The average Bonchev–Trinajstić information content (AvgIpc) is 3.36. The van der Waals surface area contributed by atoms with Gasteiger partial charge in [-0.05, 0) is 49.8 Å². The summed E-state index contributed by atoms with van der Waals surface area (Å²) in [5.41, 5.74) is 8.11. The molecule has 1 fully saturated rings. The first-order valence-electron chi connectivity index (χ1n) is 8.21. The van der Waals surface area contributed by atoms with E-state index in [0.717, 1.165) is 24.9 Å². The average molecular weight is 446 g/mol. The third-order valence-corrected chi connectivity index (χ3v) is 3.84. The maximum absolute atomic E-state index is 11.6. The fourth-order valence-electron chi connectivity index (χ4n) is 2.39. The van der Waals surface area contributed by atoms with Gasteiger partial charge in [0.05, 0.1) is 19.2 Å². The molecule has 2 rings (SSSR count). The van der Waals surface area contributed by atoms with E-state index in [0.29, 0.717) is 25.0 Å². The summed E-state index contributed by atoms with van der Waals surface area (Å²) in [5.74, 6) is 0.828. The fourth-order valence-corrected chi connectivity index (χ4v) is 2.39. The number of guanidine groups is 1. The Labute approximate surface area is 160 Å². The van der Waals surface area contributed by atoms with Gasteiger partial charge in [0.15, 0.2) is 5.96 Å². The third-order valence-electron chi connectivity index (χ3n) is 3.84. The second-order valence-corrected chi connectivity index (χ2v) is 5.71. The molecule has 0 aliphatic heterocycles. The number of carbonyl (C=O) groups excluding carboxylic acids is 1. The van der Waals surface area contributed by atoms with Crippen LogP contribution in [0.4, 0.5) is 10.5 Å². The summed E-state index contributed by atoms with van der Waals surface area (Å²) in [4.78, 5) is 15.9. The number of carbonyl (C=O) groups is 1. The molecule has 0 saturated heterocycles. The van der Waals surface area contributed by atoms with Crippen LogP contribution in [0.2, 0.25) is 0 Å². The maximum atomic E-state index is 11.6.